The number of nitrogens with one attached hydrogen (secondary N) is 2. The van der Waals surface area contributed by atoms with Crippen molar-refractivity contribution in [1.82, 2.24) is 10.2 Å². The fourth-order valence-corrected chi connectivity index (χ4v) is 2.36. The van der Waals surface area contributed by atoms with E-state index < -0.39 is 0 Å². The maximum atomic E-state index is 11.8. The maximum absolute atomic E-state index is 11.8. The first-order valence-electron chi connectivity index (χ1n) is 8.27. The number of amides is 1. The van der Waals surface area contributed by atoms with E-state index in [0.717, 1.165) is 38.5 Å². The van der Waals surface area contributed by atoms with Crippen LogP contribution in [0.15, 0.2) is 24.3 Å². The summed E-state index contributed by atoms with van der Waals surface area (Å²) in [6.07, 6.45) is 0. The van der Waals surface area contributed by atoms with Crippen LogP contribution in [0, 0.1) is 0 Å². The van der Waals surface area contributed by atoms with Crippen LogP contribution >= 0.6 is 0 Å². The number of hydrogen-bond donors (Lipinski definition) is 2. The van der Waals surface area contributed by atoms with Gasteiger partial charge in [0.2, 0.25) is 5.91 Å². The third kappa shape index (κ3) is 6.17. The summed E-state index contributed by atoms with van der Waals surface area (Å²) < 4.78 is 10.2. The van der Waals surface area contributed by atoms with Gasteiger partial charge in [-0.15, -0.1) is 0 Å². The highest BCUT2D eigenvalue weighted by Gasteiger charge is 2.10. The minimum atomic E-state index is -0.343. The van der Waals surface area contributed by atoms with Crippen molar-refractivity contribution in [3.8, 4) is 0 Å². The number of anilines is 1. The van der Waals surface area contributed by atoms with E-state index in [0.29, 0.717) is 18.7 Å². The largest absolute Gasteiger partial charge is 0.462 e. The second-order valence-electron chi connectivity index (χ2n) is 5.46. The molecule has 0 spiro atoms. The van der Waals surface area contributed by atoms with Gasteiger partial charge in [0.25, 0.3) is 0 Å². The van der Waals surface area contributed by atoms with Crippen LogP contribution in [0.4, 0.5) is 5.69 Å². The van der Waals surface area contributed by atoms with Crippen molar-refractivity contribution in [3.63, 3.8) is 0 Å². The smallest absolute Gasteiger partial charge is 0.338 e. The first kappa shape index (κ1) is 18.2. The molecule has 1 fully saturated rings. The van der Waals surface area contributed by atoms with E-state index in [2.05, 4.69) is 15.5 Å². The molecule has 0 aromatic heterocycles. The molecule has 2 rings (SSSR count). The molecule has 0 unspecified atom stereocenters. The highest BCUT2D eigenvalue weighted by molar-refractivity contribution is 5.90. The number of esters is 1. The third-order valence-electron chi connectivity index (χ3n) is 3.70. The molecule has 1 aromatic rings. The number of nitrogens with zero attached hydrogens (tertiary/aromatic N) is 1. The van der Waals surface area contributed by atoms with Gasteiger partial charge in [-0.25, -0.2) is 4.79 Å². The average molecular weight is 335 g/mol. The van der Waals surface area contributed by atoms with Crippen molar-refractivity contribution in [2.45, 2.75) is 6.92 Å². The monoisotopic (exact) mass is 335 g/mol. The molecule has 132 valence electrons. The Bertz CT molecular complexity index is 527. The Morgan fingerprint density at radius 2 is 1.92 bits per heavy atom. The molecule has 7 heteroatoms. The fourth-order valence-electron chi connectivity index (χ4n) is 2.36. The van der Waals surface area contributed by atoms with Crippen LogP contribution in [0.1, 0.15) is 17.3 Å². The van der Waals surface area contributed by atoms with Crippen LogP contribution in [0.3, 0.4) is 0 Å². The molecule has 1 amide bonds. The summed E-state index contributed by atoms with van der Waals surface area (Å²) in [7, 11) is 0. The van der Waals surface area contributed by atoms with Crippen LogP contribution in [-0.2, 0) is 14.3 Å². The number of hydrogen-bond acceptors (Lipinski definition) is 6. The topological polar surface area (TPSA) is 79.9 Å². The van der Waals surface area contributed by atoms with Crippen molar-refractivity contribution >= 4 is 17.6 Å². The Kier molecular flexibility index (Phi) is 7.51. The molecular formula is C17H25N3O4. The summed E-state index contributed by atoms with van der Waals surface area (Å²) in [6.45, 7) is 7.14. The van der Waals surface area contributed by atoms with E-state index in [1.807, 2.05) is 0 Å². The van der Waals surface area contributed by atoms with Gasteiger partial charge in [0, 0.05) is 31.9 Å². The van der Waals surface area contributed by atoms with E-state index in [1.54, 1.807) is 31.2 Å². The quantitative estimate of drug-likeness (QED) is 0.682. The average Bonchev–Trinajstić information content (AvgIpc) is 2.61. The van der Waals surface area contributed by atoms with Crippen molar-refractivity contribution in [2.24, 2.45) is 0 Å². The zero-order valence-corrected chi connectivity index (χ0v) is 14.0. The third-order valence-corrected chi connectivity index (χ3v) is 3.70. The first-order valence-corrected chi connectivity index (χ1v) is 8.27. The number of carbonyl (C=O) groups excluding carboxylic acids is 2. The zero-order valence-electron chi connectivity index (χ0n) is 14.0. The SMILES string of the molecule is CCOC(=O)c1ccc(NCC(=O)NCCN2CCOCC2)cc1. The van der Waals surface area contributed by atoms with Gasteiger partial charge in [-0.1, -0.05) is 0 Å². The van der Waals surface area contributed by atoms with Crippen molar-refractivity contribution in [2.75, 3.05) is 57.9 Å². The molecule has 0 radical (unpaired) electrons. The second-order valence-corrected chi connectivity index (χ2v) is 5.46. The summed E-state index contributed by atoms with van der Waals surface area (Å²) in [5.74, 6) is -0.400. The van der Waals surface area contributed by atoms with Gasteiger partial charge >= 0.3 is 5.97 Å². The molecule has 0 aliphatic carbocycles. The minimum absolute atomic E-state index is 0.0577. The van der Waals surface area contributed by atoms with E-state index in [4.69, 9.17) is 9.47 Å². The van der Waals surface area contributed by atoms with Crippen molar-refractivity contribution < 1.29 is 19.1 Å². The Balaban J connectivity index is 1.64. The van der Waals surface area contributed by atoms with Crippen molar-refractivity contribution in [1.29, 1.82) is 0 Å². The highest BCUT2D eigenvalue weighted by Crippen LogP contribution is 2.10. The summed E-state index contributed by atoms with van der Waals surface area (Å²) in [5.41, 5.74) is 1.28. The van der Waals surface area contributed by atoms with E-state index in [1.165, 1.54) is 0 Å². The second kappa shape index (κ2) is 9.89. The Labute approximate surface area is 142 Å². The Morgan fingerprint density at radius 1 is 1.21 bits per heavy atom. The molecule has 0 saturated carbocycles. The standard InChI is InChI=1S/C17H25N3O4/c1-2-24-17(22)14-3-5-15(6-4-14)19-13-16(21)18-7-8-20-9-11-23-12-10-20/h3-6,19H,2,7-13H2,1H3,(H,18,21). The van der Waals surface area contributed by atoms with Gasteiger partial charge in [0.05, 0.1) is 31.9 Å². The summed E-state index contributed by atoms with van der Waals surface area (Å²) in [6, 6.07) is 6.87. The molecule has 24 heavy (non-hydrogen) atoms. The molecule has 0 atom stereocenters. The molecule has 1 saturated heterocycles. The predicted molar refractivity (Wildman–Crippen MR) is 91.2 cm³/mol. The fraction of sp³-hybridized carbons (Fsp3) is 0.529. The van der Waals surface area contributed by atoms with Gasteiger partial charge < -0.3 is 20.1 Å². The van der Waals surface area contributed by atoms with Crippen LogP contribution < -0.4 is 10.6 Å². The van der Waals surface area contributed by atoms with E-state index in [9.17, 15) is 9.59 Å². The van der Waals surface area contributed by atoms with E-state index in [-0.39, 0.29) is 18.4 Å². The lowest BCUT2D eigenvalue weighted by atomic mass is 10.2. The highest BCUT2D eigenvalue weighted by atomic mass is 16.5. The van der Waals surface area contributed by atoms with Gasteiger partial charge in [0.1, 0.15) is 0 Å². The maximum Gasteiger partial charge on any atom is 0.338 e. The predicted octanol–water partition coefficient (Wildman–Crippen LogP) is 0.724. The lowest BCUT2D eigenvalue weighted by Crippen LogP contribution is -2.42. The lowest BCUT2D eigenvalue weighted by molar-refractivity contribution is -0.119. The molecule has 1 aromatic carbocycles. The molecule has 1 aliphatic heterocycles. The molecular weight excluding hydrogens is 310 g/mol. The van der Waals surface area contributed by atoms with E-state index >= 15 is 0 Å². The van der Waals surface area contributed by atoms with Gasteiger partial charge in [0.15, 0.2) is 0 Å². The van der Waals surface area contributed by atoms with Crippen LogP contribution in [0.2, 0.25) is 0 Å². The van der Waals surface area contributed by atoms with Crippen molar-refractivity contribution in [3.05, 3.63) is 29.8 Å². The number of ether oxygens (including phenoxy) is 2. The summed E-state index contributed by atoms with van der Waals surface area (Å²) in [4.78, 5) is 25.6. The lowest BCUT2D eigenvalue weighted by Gasteiger charge is -2.26. The normalized spacial score (nSPS) is 14.9. The zero-order chi connectivity index (χ0) is 17.2. The number of rotatable bonds is 8. The molecule has 7 nitrogen and oxygen atoms in total. The number of carbonyl (C=O) groups is 2. The molecule has 1 aliphatic rings. The number of benzene rings is 1. The first-order chi connectivity index (χ1) is 11.7. The van der Waals surface area contributed by atoms with Gasteiger partial charge in [-0.05, 0) is 31.2 Å². The summed E-state index contributed by atoms with van der Waals surface area (Å²) >= 11 is 0. The number of morpholine rings is 1. The summed E-state index contributed by atoms with van der Waals surface area (Å²) in [5, 5.41) is 5.92. The molecule has 0 bridgehead atoms. The van der Waals surface area contributed by atoms with Crippen LogP contribution in [-0.4, -0.2) is 69.3 Å². The molecule has 1 heterocycles. The van der Waals surface area contributed by atoms with Crippen LogP contribution in [0.5, 0.6) is 0 Å². The Morgan fingerprint density at radius 3 is 2.58 bits per heavy atom. The minimum Gasteiger partial charge on any atom is -0.462 e. The Hall–Kier alpha value is -2.12. The van der Waals surface area contributed by atoms with Gasteiger partial charge in [-0.3, -0.25) is 9.69 Å². The van der Waals surface area contributed by atoms with Gasteiger partial charge in [-0.2, -0.15) is 0 Å². The molecule has 2 N–H and O–H groups in total. The van der Waals surface area contributed by atoms with Crippen LogP contribution in [0.25, 0.3) is 0 Å².